The number of rotatable bonds is 1. The molecule has 1 unspecified atom stereocenters. The number of nitriles is 1. The molecular formula is C8H7NOS. The van der Waals surface area contributed by atoms with Gasteiger partial charge in [0, 0.05) is 5.56 Å². The third-order valence-electron chi connectivity index (χ3n) is 1.33. The predicted molar refractivity (Wildman–Crippen MR) is 44.9 cm³/mol. The monoisotopic (exact) mass is 165 g/mol. The summed E-state index contributed by atoms with van der Waals surface area (Å²) >= 11 is 3.77. The second-order valence-corrected chi connectivity index (χ2v) is 2.80. The molecule has 1 rings (SSSR count). The van der Waals surface area contributed by atoms with Gasteiger partial charge in [-0.3, -0.25) is 0 Å². The van der Waals surface area contributed by atoms with E-state index in [9.17, 15) is 5.11 Å². The fourth-order valence-corrected chi connectivity index (χ4v) is 0.884. The summed E-state index contributed by atoms with van der Waals surface area (Å²) in [4.78, 5) is -1.67. The Labute approximate surface area is 70.5 Å². The van der Waals surface area contributed by atoms with E-state index >= 15 is 0 Å². The lowest BCUT2D eigenvalue weighted by atomic mass is 10.1. The number of thiol groups is 1. The Hall–Kier alpha value is -0.980. The summed E-state index contributed by atoms with van der Waals surface area (Å²) in [5.41, 5.74) is 0.492. The quantitative estimate of drug-likeness (QED) is 0.374. The Bertz CT molecular complexity index is 276. The zero-order valence-corrected chi connectivity index (χ0v) is 6.62. The molecule has 0 aliphatic rings. The first-order valence-electron chi connectivity index (χ1n) is 3.08. The average molecular weight is 165 g/mol. The van der Waals surface area contributed by atoms with E-state index in [2.05, 4.69) is 12.6 Å². The maximum absolute atomic E-state index is 9.30. The molecule has 0 aliphatic carbocycles. The Morgan fingerprint density at radius 3 is 2.36 bits per heavy atom. The standard InChI is InChI=1S/C8H7NOS/c9-6-8(10,11)7-4-2-1-3-5-7/h1-5,10-11H. The van der Waals surface area contributed by atoms with E-state index < -0.39 is 4.93 Å². The van der Waals surface area contributed by atoms with Crippen LogP contribution in [0.4, 0.5) is 0 Å². The van der Waals surface area contributed by atoms with Gasteiger partial charge in [0.2, 0.25) is 4.93 Å². The largest absolute Gasteiger partial charge is 0.364 e. The number of aliphatic hydroxyl groups is 1. The molecule has 3 heteroatoms. The molecular weight excluding hydrogens is 158 g/mol. The SMILES string of the molecule is N#CC(O)(S)c1ccccc1. The molecule has 1 N–H and O–H groups in total. The molecule has 0 spiro atoms. The molecule has 1 atom stereocenters. The molecule has 0 saturated heterocycles. The highest BCUT2D eigenvalue weighted by Crippen LogP contribution is 2.23. The maximum atomic E-state index is 9.30. The van der Waals surface area contributed by atoms with Crippen LogP contribution in [0.15, 0.2) is 30.3 Å². The fourth-order valence-electron chi connectivity index (χ4n) is 0.735. The highest BCUT2D eigenvalue weighted by atomic mass is 32.1. The minimum absolute atomic E-state index is 0.492. The van der Waals surface area contributed by atoms with E-state index in [0.29, 0.717) is 5.56 Å². The van der Waals surface area contributed by atoms with E-state index in [4.69, 9.17) is 5.26 Å². The van der Waals surface area contributed by atoms with Crippen LogP contribution < -0.4 is 0 Å². The van der Waals surface area contributed by atoms with E-state index in [1.54, 1.807) is 30.3 Å². The van der Waals surface area contributed by atoms with Crippen molar-refractivity contribution in [1.29, 1.82) is 5.26 Å². The van der Waals surface area contributed by atoms with Crippen molar-refractivity contribution in [3.05, 3.63) is 35.9 Å². The average Bonchev–Trinajstić information content (AvgIpc) is 2.06. The highest BCUT2D eigenvalue weighted by molar-refractivity contribution is 7.81. The van der Waals surface area contributed by atoms with Gasteiger partial charge in [-0.25, -0.2) is 0 Å². The number of benzene rings is 1. The summed E-state index contributed by atoms with van der Waals surface area (Å²) in [6.45, 7) is 0. The summed E-state index contributed by atoms with van der Waals surface area (Å²) in [5.74, 6) is 0. The van der Waals surface area contributed by atoms with E-state index in [-0.39, 0.29) is 0 Å². The molecule has 0 heterocycles. The van der Waals surface area contributed by atoms with Crippen LogP contribution in [0.1, 0.15) is 5.56 Å². The lowest BCUT2D eigenvalue weighted by Crippen LogP contribution is -2.14. The normalized spacial score (nSPS) is 15.0. The second-order valence-electron chi connectivity index (χ2n) is 2.15. The smallest absolute Gasteiger partial charge is 0.221 e. The third kappa shape index (κ3) is 1.73. The Morgan fingerprint density at radius 2 is 1.91 bits per heavy atom. The Morgan fingerprint density at radius 1 is 1.36 bits per heavy atom. The van der Waals surface area contributed by atoms with Crippen molar-refractivity contribution in [2.24, 2.45) is 0 Å². The zero-order chi connectivity index (χ0) is 8.32. The van der Waals surface area contributed by atoms with Crippen molar-refractivity contribution in [2.75, 3.05) is 0 Å². The third-order valence-corrected chi connectivity index (χ3v) is 1.69. The van der Waals surface area contributed by atoms with Crippen LogP contribution >= 0.6 is 12.6 Å². The van der Waals surface area contributed by atoms with E-state index in [1.165, 1.54) is 0 Å². The second kappa shape index (κ2) is 2.95. The van der Waals surface area contributed by atoms with Crippen LogP contribution in [0.5, 0.6) is 0 Å². The summed E-state index contributed by atoms with van der Waals surface area (Å²) in [7, 11) is 0. The van der Waals surface area contributed by atoms with Gasteiger partial charge in [0.05, 0.1) is 0 Å². The van der Waals surface area contributed by atoms with E-state index in [0.717, 1.165) is 0 Å². The molecule has 56 valence electrons. The minimum Gasteiger partial charge on any atom is -0.364 e. The van der Waals surface area contributed by atoms with Crippen LogP contribution in [-0.2, 0) is 4.93 Å². The topological polar surface area (TPSA) is 44.0 Å². The van der Waals surface area contributed by atoms with Gasteiger partial charge < -0.3 is 5.11 Å². The Balaban J connectivity index is 3.05. The van der Waals surface area contributed by atoms with Crippen LogP contribution in [0.25, 0.3) is 0 Å². The first-order chi connectivity index (χ1) is 5.17. The van der Waals surface area contributed by atoms with Gasteiger partial charge in [0.25, 0.3) is 0 Å². The summed E-state index contributed by atoms with van der Waals surface area (Å²) in [6, 6.07) is 10.3. The Kier molecular flexibility index (Phi) is 2.18. The van der Waals surface area contributed by atoms with Crippen molar-refractivity contribution < 1.29 is 5.11 Å². The number of nitrogens with zero attached hydrogens (tertiary/aromatic N) is 1. The first-order valence-corrected chi connectivity index (χ1v) is 3.53. The molecule has 0 fully saturated rings. The van der Waals surface area contributed by atoms with Crippen LogP contribution in [-0.4, -0.2) is 5.11 Å². The van der Waals surface area contributed by atoms with Gasteiger partial charge in [-0.15, -0.1) is 12.6 Å². The van der Waals surface area contributed by atoms with Crippen molar-refractivity contribution in [3.63, 3.8) is 0 Å². The highest BCUT2D eigenvalue weighted by Gasteiger charge is 2.22. The van der Waals surface area contributed by atoms with Crippen molar-refractivity contribution in [2.45, 2.75) is 4.93 Å². The first kappa shape index (κ1) is 8.12. The number of hydrogen-bond donors (Lipinski definition) is 2. The predicted octanol–water partition coefficient (Wildman–Crippen LogP) is 1.29. The molecule has 1 aromatic rings. The summed E-state index contributed by atoms with van der Waals surface area (Å²) in [5, 5.41) is 17.8. The van der Waals surface area contributed by atoms with E-state index in [1.807, 2.05) is 6.07 Å². The molecule has 0 aromatic heterocycles. The summed E-state index contributed by atoms with van der Waals surface area (Å²) in [6.07, 6.45) is 0. The summed E-state index contributed by atoms with van der Waals surface area (Å²) < 4.78 is 0. The van der Waals surface area contributed by atoms with Crippen LogP contribution in [0.2, 0.25) is 0 Å². The maximum Gasteiger partial charge on any atom is 0.221 e. The molecule has 2 nitrogen and oxygen atoms in total. The van der Waals surface area contributed by atoms with Gasteiger partial charge in [-0.1, -0.05) is 30.3 Å². The zero-order valence-electron chi connectivity index (χ0n) is 5.73. The van der Waals surface area contributed by atoms with Crippen molar-refractivity contribution in [1.82, 2.24) is 0 Å². The van der Waals surface area contributed by atoms with Crippen molar-refractivity contribution >= 4 is 12.6 Å². The van der Waals surface area contributed by atoms with Crippen LogP contribution in [0, 0.1) is 11.3 Å². The lowest BCUT2D eigenvalue weighted by Gasteiger charge is -2.11. The number of hydrogen-bond acceptors (Lipinski definition) is 3. The molecule has 0 bridgehead atoms. The minimum atomic E-state index is -1.67. The van der Waals surface area contributed by atoms with Gasteiger partial charge in [0.1, 0.15) is 6.07 Å². The molecule has 11 heavy (non-hydrogen) atoms. The molecule has 0 saturated carbocycles. The molecule has 0 aliphatic heterocycles. The van der Waals surface area contributed by atoms with Crippen molar-refractivity contribution in [3.8, 4) is 6.07 Å². The lowest BCUT2D eigenvalue weighted by molar-refractivity contribution is 0.200. The van der Waals surface area contributed by atoms with Gasteiger partial charge in [-0.05, 0) is 0 Å². The fraction of sp³-hybridized carbons (Fsp3) is 0.125. The van der Waals surface area contributed by atoms with Crippen LogP contribution in [0.3, 0.4) is 0 Å². The van der Waals surface area contributed by atoms with Gasteiger partial charge in [0.15, 0.2) is 0 Å². The molecule has 1 aromatic carbocycles. The molecule has 0 amide bonds. The van der Waals surface area contributed by atoms with Gasteiger partial charge in [-0.2, -0.15) is 5.26 Å². The van der Waals surface area contributed by atoms with Gasteiger partial charge >= 0.3 is 0 Å². The molecule has 0 radical (unpaired) electrons.